The Balaban J connectivity index is 1.61. The lowest BCUT2D eigenvalue weighted by Gasteiger charge is -2.11. The fourth-order valence-corrected chi connectivity index (χ4v) is 4.16. The molecule has 0 aliphatic rings. The molecule has 162 valence electrons. The van der Waals surface area contributed by atoms with Crippen molar-refractivity contribution < 1.29 is 22.1 Å². The second-order valence-electron chi connectivity index (χ2n) is 6.65. The SMILES string of the molecule is O=c1cc(Nc2ccc(NS(=O)(=O)c3ccccc3F)cc2)c2cc([N+](=O)[O-])ccc2o1. The fraction of sp³-hybridized carbons (Fsp3) is 0. The molecule has 1 heterocycles. The standard InChI is InChI=1S/C21H14FN3O6S/c22-17-3-1-2-4-20(17)32(29,30)24-14-7-5-13(6-8-14)23-18-12-21(26)31-19-10-9-15(25(27)28)11-16(18)19/h1-12,23-24H. The molecule has 2 N–H and O–H groups in total. The first kappa shape index (κ1) is 21.0. The second kappa shape index (κ2) is 8.12. The van der Waals surface area contributed by atoms with Crippen LogP contribution in [-0.2, 0) is 10.0 Å². The molecule has 3 aromatic carbocycles. The van der Waals surface area contributed by atoms with E-state index in [2.05, 4.69) is 10.0 Å². The lowest BCUT2D eigenvalue weighted by Crippen LogP contribution is -2.14. The maximum absolute atomic E-state index is 13.8. The molecule has 0 atom stereocenters. The van der Waals surface area contributed by atoms with Crippen molar-refractivity contribution in [2.75, 3.05) is 10.0 Å². The maximum Gasteiger partial charge on any atom is 0.338 e. The highest BCUT2D eigenvalue weighted by atomic mass is 32.2. The van der Waals surface area contributed by atoms with E-state index in [0.717, 1.165) is 18.2 Å². The van der Waals surface area contributed by atoms with Crippen molar-refractivity contribution in [2.45, 2.75) is 4.90 Å². The van der Waals surface area contributed by atoms with E-state index in [0.29, 0.717) is 11.1 Å². The molecule has 0 aliphatic heterocycles. The Labute approximate surface area is 180 Å². The number of benzene rings is 3. The number of sulfonamides is 1. The van der Waals surface area contributed by atoms with Crippen molar-refractivity contribution in [2.24, 2.45) is 0 Å². The zero-order chi connectivity index (χ0) is 22.9. The van der Waals surface area contributed by atoms with Crippen LogP contribution in [-0.4, -0.2) is 13.3 Å². The molecular weight excluding hydrogens is 441 g/mol. The Kier molecular flexibility index (Phi) is 5.33. The Morgan fingerprint density at radius 3 is 2.31 bits per heavy atom. The van der Waals surface area contributed by atoms with Gasteiger partial charge in [-0.2, -0.15) is 0 Å². The Hall–Kier alpha value is -4.25. The number of halogens is 1. The third-order valence-corrected chi connectivity index (χ3v) is 5.89. The summed E-state index contributed by atoms with van der Waals surface area (Å²) in [6, 6.07) is 15.9. The minimum Gasteiger partial charge on any atom is -0.423 e. The lowest BCUT2D eigenvalue weighted by molar-refractivity contribution is -0.384. The van der Waals surface area contributed by atoms with Crippen molar-refractivity contribution in [1.82, 2.24) is 0 Å². The van der Waals surface area contributed by atoms with Gasteiger partial charge in [0.05, 0.1) is 10.6 Å². The highest BCUT2D eigenvalue weighted by Crippen LogP contribution is 2.29. The Morgan fingerprint density at radius 1 is 0.938 bits per heavy atom. The molecule has 32 heavy (non-hydrogen) atoms. The summed E-state index contributed by atoms with van der Waals surface area (Å²) in [4.78, 5) is 21.9. The van der Waals surface area contributed by atoms with Gasteiger partial charge >= 0.3 is 5.63 Å². The highest BCUT2D eigenvalue weighted by molar-refractivity contribution is 7.92. The predicted octanol–water partition coefficient (Wildman–Crippen LogP) is 4.38. The highest BCUT2D eigenvalue weighted by Gasteiger charge is 2.18. The minimum absolute atomic E-state index is 0.167. The molecule has 0 fully saturated rings. The summed E-state index contributed by atoms with van der Waals surface area (Å²) in [7, 11) is -4.13. The normalized spacial score (nSPS) is 11.3. The van der Waals surface area contributed by atoms with Crippen LogP contribution in [0.1, 0.15) is 0 Å². The molecule has 0 amide bonds. The van der Waals surface area contributed by atoms with Crippen LogP contribution in [0.25, 0.3) is 11.0 Å². The van der Waals surface area contributed by atoms with Crippen LogP contribution in [0.5, 0.6) is 0 Å². The smallest absolute Gasteiger partial charge is 0.338 e. The first-order valence-corrected chi connectivity index (χ1v) is 10.6. The van der Waals surface area contributed by atoms with E-state index in [-0.39, 0.29) is 22.6 Å². The molecule has 0 saturated carbocycles. The fourth-order valence-electron chi connectivity index (χ4n) is 3.02. The maximum atomic E-state index is 13.8. The number of nitro groups is 1. The van der Waals surface area contributed by atoms with Crippen LogP contribution in [0.15, 0.2) is 86.9 Å². The van der Waals surface area contributed by atoms with Gasteiger partial charge in [0.25, 0.3) is 15.7 Å². The predicted molar refractivity (Wildman–Crippen MR) is 116 cm³/mol. The number of nitrogens with one attached hydrogen (secondary N) is 2. The van der Waals surface area contributed by atoms with E-state index in [1.165, 1.54) is 54.6 Å². The number of fused-ring (bicyclic) bond motifs is 1. The first-order chi connectivity index (χ1) is 15.2. The van der Waals surface area contributed by atoms with Crippen LogP contribution < -0.4 is 15.7 Å². The van der Waals surface area contributed by atoms with Crippen LogP contribution >= 0.6 is 0 Å². The Bertz CT molecular complexity index is 1500. The molecule has 4 aromatic rings. The van der Waals surface area contributed by atoms with Crippen molar-refractivity contribution in [3.8, 4) is 0 Å². The molecule has 0 aliphatic carbocycles. The Morgan fingerprint density at radius 2 is 1.62 bits per heavy atom. The van der Waals surface area contributed by atoms with Crippen molar-refractivity contribution in [3.05, 3.63) is 99.1 Å². The van der Waals surface area contributed by atoms with Gasteiger partial charge in [0.1, 0.15) is 16.3 Å². The van der Waals surface area contributed by atoms with Gasteiger partial charge in [-0.25, -0.2) is 17.6 Å². The quantitative estimate of drug-likeness (QED) is 0.250. The van der Waals surface area contributed by atoms with Crippen LogP contribution in [0, 0.1) is 15.9 Å². The van der Waals surface area contributed by atoms with E-state index < -0.39 is 31.3 Å². The van der Waals surface area contributed by atoms with E-state index in [1.54, 1.807) is 0 Å². The van der Waals surface area contributed by atoms with Gasteiger partial charge in [-0.3, -0.25) is 14.8 Å². The summed E-state index contributed by atoms with van der Waals surface area (Å²) in [6.07, 6.45) is 0. The molecule has 9 nitrogen and oxygen atoms in total. The lowest BCUT2D eigenvalue weighted by atomic mass is 10.1. The van der Waals surface area contributed by atoms with Crippen molar-refractivity contribution in [1.29, 1.82) is 0 Å². The molecule has 11 heteroatoms. The summed E-state index contributed by atoms with van der Waals surface area (Å²) in [6.45, 7) is 0. The van der Waals surface area contributed by atoms with Gasteiger partial charge in [-0.1, -0.05) is 12.1 Å². The molecule has 0 saturated heterocycles. The number of anilines is 3. The zero-order valence-corrected chi connectivity index (χ0v) is 16.9. The molecule has 0 radical (unpaired) electrons. The van der Waals surface area contributed by atoms with E-state index in [9.17, 15) is 27.7 Å². The summed E-state index contributed by atoms with van der Waals surface area (Å²) < 4.78 is 46.0. The first-order valence-electron chi connectivity index (χ1n) is 9.10. The molecule has 1 aromatic heterocycles. The van der Waals surface area contributed by atoms with E-state index in [4.69, 9.17) is 4.42 Å². The number of nitro benzene ring substituents is 1. The molecule has 4 rings (SSSR count). The molecule has 0 unspecified atom stereocenters. The number of hydrogen-bond acceptors (Lipinski definition) is 7. The number of non-ortho nitro benzene ring substituents is 1. The third kappa shape index (κ3) is 4.27. The van der Waals surface area contributed by atoms with Gasteiger partial charge in [-0.05, 0) is 42.5 Å². The summed E-state index contributed by atoms with van der Waals surface area (Å²) in [5.41, 5.74) is 0.277. The second-order valence-corrected chi connectivity index (χ2v) is 8.31. The number of hydrogen-bond donors (Lipinski definition) is 2. The number of rotatable bonds is 6. The summed E-state index contributed by atoms with van der Waals surface area (Å²) in [5, 5.41) is 14.4. The van der Waals surface area contributed by atoms with E-state index >= 15 is 0 Å². The molecular formula is C21H14FN3O6S. The summed E-state index contributed by atoms with van der Waals surface area (Å²) >= 11 is 0. The van der Waals surface area contributed by atoms with E-state index in [1.807, 2.05) is 0 Å². The molecule has 0 spiro atoms. The van der Waals surface area contributed by atoms with Gasteiger partial charge in [0.15, 0.2) is 0 Å². The number of nitrogens with zero attached hydrogens (tertiary/aromatic N) is 1. The average Bonchev–Trinajstić information content (AvgIpc) is 2.74. The average molecular weight is 455 g/mol. The minimum atomic E-state index is -4.13. The molecule has 0 bridgehead atoms. The van der Waals surface area contributed by atoms with Crippen LogP contribution in [0.3, 0.4) is 0 Å². The van der Waals surface area contributed by atoms with Crippen molar-refractivity contribution in [3.63, 3.8) is 0 Å². The zero-order valence-electron chi connectivity index (χ0n) is 16.1. The van der Waals surface area contributed by atoms with Gasteiger partial charge in [-0.15, -0.1) is 0 Å². The van der Waals surface area contributed by atoms with Crippen molar-refractivity contribution >= 4 is 43.7 Å². The van der Waals surface area contributed by atoms with Gasteiger partial charge in [0.2, 0.25) is 0 Å². The summed E-state index contributed by atoms with van der Waals surface area (Å²) in [5.74, 6) is -0.873. The topological polar surface area (TPSA) is 132 Å². The van der Waals surface area contributed by atoms with Crippen LogP contribution in [0.2, 0.25) is 0 Å². The monoisotopic (exact) mass is 455 g/mol. The van der Waals surface area contributed by atoms with Gasteiger partial charge < -0.3 is 9.73 Å². The largest absolute Gasteiger partial charge is 0.423 e. The third-order valence-electron chi connectivity index (χ3n) is 4.48. The van der Waals surface area contributed by atoms with Crippen LogP contribution in [0.4, 0.5) is 27.1 Å². The van der Waals surface area contributed by atoms with Gasteiger partial charge in [0, 0.05) is 35.0 Å².